The maximum absolute atomic E-state index is 12.1. The first-order valence-electron chi connectivity index (χ1n) is 6.65. The second kappa shape index (κ2) is 7.11. The zero-order chi connectivity index (χ0) is 14.4. The van der Waals surface area contributed by atoms with Crippen LogP contribution >= 0.6 is 11.6 Å². The molecule has 0 fully saturated rings. The molecule has 0 aliphatic heterocycles. The Morgan fingerprint density at radius 1 is 1.10 bits per heavy atom. The number of carbonyl (C=O) groups excluding carboxylic acids is 1. The summed E-state index contributed by atoms with van der Waals surface area (Å²) in [7, 11) is 0. The third kappa shape index (κ3) is 4.10. The number of hydrogen-bond donors (Lipinski definition) is 1. The summed E-state index contributed by atoms with van der Waals surface area (Å²) in [5.74, 6) is 0.354. The van der Waals surface area contributed by atoms with Crippen molar-refractivity contribution >= 4 is 17.5 Å². The highest BCUT2D eigenvalue weighted by atomic mass is 35.5. The Balaban J connectivity index is 1.97. The minimum Gasteiger partial charge on any atom is -0.348 e. The largest absolute Gasteiger partial charge is 0.348 e. The van der Waals surface area contributed by atoms with Crippen molar-refractivity contribution < 1.29 is 4.79 Å². The topological polar surface area (TPSA) is 29.1 Å². The molecule has 0 radical (unpaired) electrons. The summed E-state index contributed by atoms with van der Waals surface area (Å²) in [4.78, 5) is 12.1. The minimum atomic E-state index is -0.143. The molecule has 20 heavy (non-hydrogen) atoms. The van der Waals surface area contributed by atoms with Crippen molar-refractivity contribution in [3.8, 4) is 0 Å². The summed E-state index contributed by atoms with van der Waals surface area (Å²) in [6.45, 7) is 2.03. The third-order valence-corrected chi connectivity index (χ3v) is 3.49. The molecule has 2 aromatic carbocycles. The molecule has 0 bridgehead atoms. The Morgan fingerprint density at radius 3 is 2.35 bits per heavy atom. The maximum atomic E-state index is 12.1. The van der Waals surface area contributed by atoms with Crippen LogP contribution in [-0.4, -0.2) is 11.8 Å². The van der Waals surface area contributed by atoms with Gasteiger partial charge < -0.3 is 5.32 Å². The normalized spacial score (nSPS) is 11.9. The molecule has 0 heterocycles. The number of nitrogens with one attached hydrogen (secondary N) is 1. The van der Waals surface area contributed by atoms with Gasteiger partial charge in [0.2, 0.25) is 5.91 Å². The van der Waals surface area contributed by atoms with Gasteiger partial charge in [0.1, 0.15) is 0 Å². The maximum Gasteiger partial charge on any atom is 0.224 e. The molecule has 0 saturated carbocycles. The van der Waals surface area contributed by atoms with Crippen LogP contribution in [0, 0.1) is 6.92 Å². The van der Waals surface area contributed by atoms with Gasteiger partial charge in [-0.3, -0.25) is 4.79 Å². The Labute approximate surface area is 124 Å². The van der Waals surface area contributed by atoms with E-state index in [2.05, 4.69) is 5.32 Å². The van der Waals surface area contributed by atoms with E-state index in [0.29, 0.717) is 12.3 Å². The molecule has 3 heteroatoms. The second-order valence-corrected chi connectivity index (χ2v) is 5.16. The zero-order valence-electron chi connectivity index (χ0n) is 11.5. The lowest BCUT2D eigenvalue weighted by atomic mass is 10.1. The molecular weight excluding hydrogens is 270 g/mol. The zero-order valence-corrected chi connectivity index (χ0v) is 12.2. The quantitative estimate of drug-likeness (QED) is 0.836. The number of halogens is 1. The van der Waals surface area contributed by atoms with Crippen LogP contribution in [0.5, 0.6) is 0 Å². The molecule has 0 spiro atoms. The molecule has 1 atom stereocenters. The Bertz CT molecular complexity index is 551. The summed E-state index contributed by atoms with van der Waals surface area (Å²) < 4.78 is 0. The molecular formula is C17H18ClNO. The Kier molecular flexibility index (Phi) is 5.19. The number of rotatable bonds is 5. The summed E-state index contributed by atoms with van der Waals surface area (Å²) in [6.07, 6.45) is 0.375. The molecule has 2 aromatic rings. The van der Waals surface area contributed by atoms with Gasteiger partial charge in [-0.15, -0.1) is 11.6 Å². The van der Waals surface area contributed by atoms with Gasteiger partial charge in [0.15, 0.2) is 0 Å². The average molecular weight is 288 g/mol. The van der Waals surface area contributed by atoms with Crippen molar-refractivity contribution in [2.45, 2.75) is 19.4 Å². The van der Waals surface area contributed by atoms with Gasteiger partial charge in [0, 0.05) is 5.88 Å². The fourth-order valence-electron chi connectivity index (χ4n) is 2.03. The number of aryl methyl sites for hydroxylation is 1. The van der Waals surface area contributed by atoms with Gasteiger partial charge in [0.05, 0.1) is 12.5 Å². The summed E-state index contributed by atoms with van der Waals surface area (Å²) in [6, 6.07) is 17.6. The molecule has 0 aliphatic carbocycles. The van der Waals surface area contributed by atoms with Crippen LogP contribution in [-0.2, 0) is 11.2 Å². The first kappa shape index (κ1) is 14.6. The van der Waals surface area contributed by atoms with Crippen LogP contribution in [0.25, 0.3) is 0 Å². The van der Waals surface area contributed by atoms with Gasteiger partial charge >= 0.3 is 0 Å². The number of amides is 1. The highest BCUT2D eigenvalue weighted by Gasteiger charge is 2.13. The monoisotopic (exact) mass is 287 g/mol. The van der Waals surface area contributed by atoms with Crippen molar-refractivity contribution in [3.63, 3.8) is 0 Å². The molecule has 2 nitrogen and oxygen atoms in total. The van der Waals surface area contributed by atoms with Crippen LogP contribution < -0.4 is 5.32 Å². The molecule has 1 N–H and O–H groups in total. The van der Waals surface area contributed by atoms with E-state index in [1.807, 2.05) is 61.5 Å². The van der Waals surface area contributed by atoms with E-state index in [1.165, 1.54) is 5.56 Å². The molecule has 104 valence electrons. The summed E-state index contributed by atoms with van der Waals surface area (Å²) in [5, 5.41) is 2.98. The van der Waals surface area contributed by atoms with E-state index >= 15 is 0 Å². The summed E-state index contributed by atoms with van der Waals surface area (Å²) in [5.41, 5.74) is 3.23. The lowest BCUT2D eigenvalue weighted by Gasteiger charge is -2.16. The Morgan fingerprint density at radius 2 is 1.75 bits per heavy atom. The highest BCUT2D eigenvalue weighted by Crippen LogP contribution is 2.14. The van der Waals surface area contributed by atoms with Gasteiger partial charge in [0.25, 0.3) is 0 Å². The van der Waals surface area contributed by atoms with E-state index in [9.17, 15) is 4.79 Å². The van der Waals surface area contributed by atoms with Crippen LogP contribution in [0.1, 0.15) is 22.7 Å². The molecule has 0 saturated heterocycles. The van der Waals surface area contributed by atoms with Crippen molar-refractivity contribution in [1.82, 2.24) is 5.32 Å². The van der Waals surface area contributed by atoms with Crippen molar-refractivity contribution in [3.05, 3.63) is 71.3 Å². The lowest BCUT2D eigenvalue weighted by Crippen LogP contribution is -2.30. The van der Waals surface area contributed by atoms with E-state index in [1.54, 1.807) is 0 Å². The molecule has 0 aliphatic rings. The average Bonchev–Trinajstić information content (AvgIpc) is 2.48. The third-order valence-electron chi connectivity index (χ3n) is 3.18. The van der Waals surface area contributed by atoms with Gasteiger partial charge in [-0.25, -0.2) is 0 Å². The smallest absolute Gasteiger partial charge is 0.224 e. The van der Waals surface area contributed by atoms with E-state index in [0.717, 1.165) is 11.1 Å². The molecule has 2 rings (SSSR count). The van der Waals surface area contributed by atoms with E-state index < -0.39 is 0 Å². The van der Waals surface area contributed by atoms with E-state index in [4.69, 9.17) is 11.6 Å². The highest BCUT2D eigenvalue weighted by molar-refractivity contribution is 6.18. The number of alkyl halides is 1. The fraction of sp³-hybridized carbons (Fsp3) is 0.235. The Hall–Kier alpha value is -1.80. The van der Waals surface area contributed by atoms with Crippen molar-refractivity contribution in [2.75, 3.05) is 5.88 Å². The van der Waals surface area contributed by atoms with E-state index in [-0.39, 0.29) is 11.9 Å². The van der Waals surface area contributed by atoms with Crippen molar-refractivity contribution in [1.29, 1.82) is 0 Å². The van der Waals surface area contributed by atoms with Gasteiger partial charge in [-0.05, 0) is 18.1 Å². The van der Waals surface area contributed by atoms with Gasteiger partial charge in [-0.1, -0.05) is 60.2 Å². The van der Waals surface area contributed by atoms with Crippen LogP contribution in [0.3, 0.4) is 0 Å². The number of carbonyl (C=O) groups is 1. The van der Waals surface area contributed by atoms with Crippen LogP contribution in [0.4, 0.5) is 0 Å². The van der Waals surface area contributed by atoms with Gasteiger partial charge in [-0.2, -0.15) is 0 Å². The van der Waals surface area contributed by atoms with Crippen molar-refractivity contribution in [2.24, 2.45) is 0 Å². The second-order valence-electron chi connectivity index (χ2n) is 4.85. The molecule has 0 aromatic heterocycles. The standard InChI is InChI=1S/C17H18ClNO/c1-13-7-9-14(10-8-13)11-17(20)19-16(12-18)15-5-3-2-4-6-15/h2-10,16H,11-12H2,1H3,(H,19,20). The molecule has 1 amide bonds. The molecule has 1 unspecified atom stereocenters. The predicted octanol–water partition coefficient (Wildman–Crippen LogP) is 3.63. The fourth-order valence-corrected chi connectivity index (χ4v) is 2.29. The van der Waals surface area contributed by atoms with Crippen LogP contribution in [0.2, 0.25) is 0 Å². The lowest BCUT2D eigenvalue weighted by molar-refractivity contribution is -0.121. The number of benzene rings is 2. The number of hydrogen-bond acceptors (Lipinski definition) is 1. The minimum absolute atomic E-state index is 0.0108. The predicted molar refractivity (Wildman–Crippen MR) is 82.9 cm³/mol. The SMILES string of the molecule is Cc1ccc(CC(=O)NC(CCl)c2ccccc2)cc1. The summed E-state index contributed by atoms with van der Waals surface area (Å²) >= 11 is 5.96. The first-order chi connectivity index (χ1) is 9.69. The van der Waals surface area contributed by atoms with Crippen LogP contribution in [0.15, 0.2) is 54.6 Å². The first-order valence-corrected chi connectivity index (χ1v) is 7.18.